The van der Waals surface area contributed by atoms with Gasteiger partial charge in [-0.25, -0.2) is 4.98 Å². The third kappa shape index (κ3) is 5.85. The fourth-order valence-corrected chi connectivity index (χ4v) is 5.11. The van der Waals surface area contributed by atoms with Crippen molar-refractivity contribution in [3.05, 3.63) is 133 Å². The van der Waals surface area contributed by atoms with Gasteiger partial charge in [0.25, 0.3) is 0 Å². The van der Waals surface area contributed by atoms with Gasteiger partial charge in [-0.3, -0.25) is 9.88 Å². The topological polar surface area (TPSA) is 32.3 Å². The molecule has 2 heterocycles. The lowest BCUT2D eigenvalue weighted by atomic mass is 9.81. The fraction of sp³-hybridized carbons (Fsp3) is 0.200. The molecule has 4 nitrogen and oxygen atoms in total. The van der Waals surface area contributed by atoms with Crippen LogP contribution in [0.25, 0.3) is 0 Å². The average molecular weight is 513 g/mol. The van der Waals surface area contributed by atoms with Crippen LogP contribution in [0.5, 0.6) is 0 Å². The Bertz CT molecular complexity index is 1420. The molecule has 0 bridgehead atoms. The molecule has 3 aromatic carbocycles. The van der Waals surface area contributed by atoms with E-state index in [0.717, 1.165) is 34.3 Å². The molecule has 0 unspecified atom stereocenters. The van der Waals surface area contributed by atoms with Gasteiger partial charge in [0.05, 0.1) is 11.9 Å². The smallest absolute Gasteiger partial charge is 0.137 e. The highest BCUT2D eigenvalue weighted by molar-refractivity contribution is 5.80. The maximum atomic E-state index is 4.62. The average Bonchev–Trinajstić information content (AvgIpc) is 2.97. The van der Waals surface area contributed by atoms with Crippen LogP contribution in [0.4, 0.5) is 34.3 Å². The minimum absolute atomic E-state index is 0.158. The summed E-state index contributed by atoms with van der Waals surface area (Å²) < 4.78 is 0. The van der Waals surface area contributed by atoms with Gasteiger partial charge < -0.3 is 4.90 Å². The molecule has 0 aliphatic carbocycles. The fourth-order valence-electron chi connectivity index (χ4n) is 5.11. The monoisotopic (exact) mass is 512 g/mol. The summed E-state index contributed by atoms with van der Waals surface area (Å²) in [6.45, 7) is 9.04. The highest BCUT2D eigenvalue weighted by atomic mass is 15.2. The van der Waals surface area contributed by atoms with Crippen molar-refractivity contribution >= 4 is 34.3 Å². The number of nitrogens with zero attached hydrogens (tertiary/aromatic N) is 4. The third-order valence-electron chi connectivity index (χ3n) is 7.22. The molecule has 196 valence electrons. The van der Waals surface area contributed by atoms with Gasteiger partial charge in [-0.2, -0.15) is 0 Å². The van der Waals surface area contributed by atoms with Crippen LogP contribution in [0.1, 0.15) is 44.7 Å². The second kappa shape index (κ2) is 11.5. The molecule has 0 aliphatic rings. The van der Waals surface area contributed by atoms with Gasteiger partial charge in [0, 0.05) is 35.1 Å². The summed E-state index contributed by atoms with van der Waals surface area (Å²) in [6.07, 6.45) is 7.81. The molecule has 2 aromatic heterocycles. The van der Waals surface area contributed by atoms with E-state index in [2.05, 4.69) is 126 Å². The first kappa shape index (κ1) is 26.2. The molecule has 0 radical (unpaired) electrons. The Hall–Kier alpha value is -4.44. The van der Waals surface area contributed by atoms with Crippen LogP contribution < -0.4 is 9.80 Å². The summed E-state index contributed by atoms with van der Waals surface area (Å²) >= 11 is 0. The number of pyridine rings is 2. The zero-order chi connectivity index (χ0) is 27.2. The van der Waals surface area contributed by atoms with Crippen molar-refractivity contribution in [2.75, 3.05) is 9.80 Å². The maximum absolute atomic E-state index is 4.62. The normalized spacial score (nSPS) is 11.3. The van der Waals surface area contributed by atoms with Crippen LogP contribution in [0.2, 0.25) is 0 Å². The van der Waals surface area contributed by atoms with Crippen molar-refractivity contribution in [3.8, 4) is 0 Å². The Morgan fingerprint density at radius 3 is 1.74 bits per heavy atom. The molecule has 0 amide bonds. The summed E-state index contributed by atoms with van der Waals surface area (Å²) in [4.78, 5) is 13.4. The molecular formula is C35H36N4. The van der Waals surface area contributed by atoms with Crippen LogP contribution in [-0.2, 0) is 5.41 Å². The molecule has 0 aliphatic heterocycles. The number of aromatic nitrogens is 2. The maximum Gasteiger partial charge on any atom is 0.137 e. The summed E-state index contributed by atoms with van der Waals surface area (Å²) in [5.74, 6) is 0.846. The standard InChI is InChI=1S/C35H36N4/c1-5-23-35(3,4)28-13-17-30(18-14-28)38(29-15-11-27(2)12-16-29)31-19-21-32(22-20-31)39(33-9-8-24-36-26-33)34-10-6-7-25-37-34/h6-22,24-26H,5,23H2,1-4H3. The van der Waals surface area contributed by atoms with Crippen LogP contribution in [0.3, 0.4) is 0 Å². The minimum Gasteiger partial charge on any atom is -0.311 e. The van der Waals surface area contributed by atoms with E-state index in [4.69, 9.17) is 0 Å². The van der Waals surface area contributed by atoms with E-state index >= 15 is 0 Å². The number of hydrogen-bond acceptors (Lipinski definition) is 4. The number of hydrogen-bond donors (Lipinski definition) is 0. The van der Waals surface area contributed by atoms with Gasteiger partial charge in [0.15, 0.2) is 0 Å². The van der Waals surface area contributed by atoms with E-state index in [1.807, 2.05) is 36.7 Å². The molecular weight excluding hydrogens is 476 g/mol. The van der Waals surface area contributed by atoms with Crippen molar-refractivity contribution in [1.82, 2.24) is 9.97 Å². The first-order chi connectivity index (χ1) is 19.0. The Labute approximate surface area is 232 Å². The zero-order valence-electron chi connectivity index (χ0n) is 23.3. The Balaban J connectivity index is 1.54. The number of rotatable bonds is 9. The molecule has 0 spiro atoms. The van der Waals surface area contributed by atoms with Crippen molar-refractivity contribution in [2.24, 2.45) is 0 Å². The first-order valence-electron chi connectivity index (χ1n) is 13.6. The molecule has 4 heteroatoms. The van der Waals surface area contributed by atoms with Gasteiger partial charge in [-0.15, -0.1) is 0 Å². The van der Waals surface area contributed by atoms with Crippen molar-refractivity contribution in [3.63, 3.8) is 0 Å². The molecule has 5 aromatic rings. The predicted molar refractivity (Wildman–Crippen MR) is 164 cm³/mol. The molecule has 0 saturated carbocycles. The summed E-state index contributed by atoms with van der Waals surface area (Å²) in [6, 6.07) is 36.4. The lowest BCUT2D eigenvalue weighted by Crippen LogP contribution is -2.17. The second-order valence-electron chi connectivity index (χ2n) is 10.6. The largest absolute Gasteiger partial charge is 0.311 e. The van der Waals surface area contributed by atoms with Gasteiger partial charge in [0.1, 0.15) is 5.82 Å². The molecule has 0 N–H and O–H groups in total. The predicted octanol–water partition coefficient (Wildman–Crippen LogP) is 9.80. The minimum atomic E-state index is 0.158. The Kier molecular flexibility index (Phi) is 7.74. The summed E-state index contributed by atoms with van der Waals surface area (Å²) in [5, 5.41) is 0. The van der Waals surface area contributed by atoms with E-state index in [0.29, 0.717) is 0 Å². The van der Waals surface area contributed by atoms with Gasteiger partial charge >= 0.3 is 0 Å². The van der Waals surface area contributed by atoms with Crippen LogP contribution >= 0.6 is 0 Å². The van der Waals surface area contributed by atoms with Crippen molar-refractivity contribution in [2.45, 2.75) is 46.0 Å². The highest BCUT2D eigenvalue weighted by Crippen LogP contribution is 2.39. The van der Waals surface area contributed by atoms with Crippen LogP contribution in [0, 0.1) is 6.92 Å². The first-order valence-corrected chi connectivity index (χ1v) is 13.6. The number of anilines is 6. The molecule has 0 atom stereocenters. The molecule has 39 heavy (non-hydrogen) atoms. The number of benzene rings is 3. The zero-order valence-corrected chi connectivity index (χ0v) is 23.3. The molecule has 0 fully saturated rings. The quantitative estimate of drug-likeness (QED) is 0.197. The lowest BCUT2D eigenvalue weighted by molar-refractivity contribution is 0.473. The number of aryl methyl sites for hydroxylation is 1. The summed E-state index contributed by atoms with van der Waals surface area (Å²) in [5.41, 5.74) is 8.11. The van der Waals surface area contributed by atoms with Gasteiger partial charge in [-0.1, -0.05) is 63.1 Å². The van der Waals surface area contributed by atoms with Gasteiger partial charge in [0.2, 0.25) is 0 Å². The van der Waals surface area contributed by atoms with E-state index < -0.39 is 0 Å². The third-order valence-corrected chi connectivity index (χ3v) is 7.22. The molecule has 5 rings (SSSR count). The van der Waals surface area contributed by atoms with Crippen LogP contribution in [0.15, 0.2) is 122 Å². The SMILES string of the molecule is CCCC(C)(C)c1ccc(N(c2ccc(C)cc2)c2ccc(N(c3cccnc3)c3ccccn3)cc2)cc1. The van der Waals surface area contributed by atoms with E-state index in [-0.39, 0.29) is 5.41 Å². The lowest BCUT2D eigenvalue weighted by Gasteiger charge is -2.29. The second-order valence-corrected chi connectivity index (χ2v) is 10.6. The Morgan fingerprint density at radius 2 is 1.21 bits per heavy atom. The van der Waals surface area contributed by atoms with E-state index in [1.165, 1.54) is 24.0 Å². The van der Waals surface area contributed by atoms with Gasteiger partial charge in [-0.05, 0) is 97.1 Å². The van der Waals surface area contributed by atoms with E-state index in [9.17, 15) is 0 Å². The van der Waals surface area contributed by atoms with Crippen molar-refractivity contribution < 1.29 is 0 Å². The van der Waals surface area contributed by atoms with Crippen molar-refractivity contribution in [1.29, 1.82) is 0 Å². The van der Waals surface area contributed by atoms with Crippen LogP contribution in [-0.4, -0.2) is 9.97 Å². The Morgan fingerprint density at radius 1 is 0.615 bits per heavy atom. The summed E-state index contributed by atoms with van der Waals surface area (Å²) in [7, 11) is 0. The molecule has 0 saturated heterocycles. The van der Waals surface area contributed by atoms with E-state index in [1.54, 1.807) is 6.20 Å². The highest BCUT2D eigenvalue weighted by Gasteiger charge is 2.21.